The Morgan fingerprint density at radius 2 is 0.952 bits per heavy atom. The van der Waals surface area contributed by atoms with Crippen molar-refractivity contribution in [2.45, 2.75) is 0 Å². The summed E-state index contributed by atoms with van der Waals surface area (Å²) < 4.78 is 54.2. The molecule has 5 heteroatoms. The maximum atomic E-state index is 8.65. The van der Waals surface area contributed by atoms with Crippen LogP contribution in [0.4, 0.5) is 0 Å². The van der Waals surface area contributed by atoms with Gasteiger partial charge in [-0.3, -0.25) is 0 Å². The minimum Gasteiger partial charge on any atom is -0.456 e. The summed E-state index contributed by atoms with van der Waals surface area (Å²) in [5, 5.41) is 5.80. The highest BCUT2D eigenvalue weighted by atomic mass is 16.3. The minimum atomic E-state index is -0.486. The summed E-state index contributed by atoms with van der Waals surface area (Å²) in [6.07, 6.45) is 0. The smallest absolute Gasteiger partial charge is 0.164 e. The summed E-state index contributed by atoms with van der Waals surface area (Å²) in [6, 6.07) is 29.1. The second kappa shape index (κ2) is 8.85. The maximum Gasteiger partial charge on any atom is 0.164 e. The summed E-state index contributed by atoms with van der Waals surface area (Å²) >= 11 is 0. The lowest BCUT2D eigenvalue weighted by molar-refractivity contribution is 0.669. The highest BCUT2D eigenvalue weighted by Gasteiger charge is 2.16. The standard InChI is InChI=1S/C37H21N3O2/c1-2-8-22(9-3-1)35-38-36(25-14-16-32-28(19-25)27-12-6-7-13-31(27)41-32)40-37(39-35)26-15-17-33-29(20-26)30-18-23-10-4-5-11-24(23)21-34(30)42-33/h1-21H/i1D,2D,3D,8D,9D. The summed E-state index contributed by atoms with van der Waals surface area (Å²) in [5.41, 5.74) is 4.13. The molecule has 0 fully saturated rings. The van der Waals surface area contributed by atoms with Crippen molar-refractivity contribution in [3.8, 4) is 34.2 Å². The van der Waals surface area contributed by atoms with Crippen molar-refractivity contribution in [2.24, 2.45) is 0 Å². The van der Waals surface area contributed by atoms with Crippen molar-refractivity contribution in [2.75, 3.05) is 0 Å². The van der Waals surface area contributed by atoms with Gasteiger partial charge in [-0.05, 0) is 65.4 Å². The Hall–Kier alpha value is -5.81. The van der Waals surface area contributed by atoms with Crippen LogP contribution in [-0.4, -0.2) is 15.0 Å². The number of fused-ring (bicyclic) bond motifs is 7. The third-order valence-corrected chi connectivity index (χ3v) is 7.59. The predicted octanol–water partition coefficient (Wildman–Crippen LogP) is 9.82. The molecule has 0 saturated carbocycles. The van der Waals surface area contributed by atoms with Crippen LogP contribution in [0.3, 0.4) is 0 Å². The predicted molar refractivity (Wildman–Crippen MR) is 168 cm³/mol. The van der Waals surface area contributed by atoms with Crippen molar-refractivity contribution >= 4 is 54.6 Å². The van der Waals surface area contributed by atoms with Gasteiger partial charge in [0.15, 0.2) is 17.5 Å². The average molecular weight is 545 g/mol. The molecule has 0 aliphatic rings. The molecule has 3 aromatic heterocycles. The Balaban J connectivity index is 1.30. The third-order valence-electron chi connectivity index (χ3n) is 7.59. The Kier molecular flexibility index (Phi) is 3.90. The maximum absolute atomic E-state index is 8.65. The molecule has 9 aromatic rings. The number of nitrogens with zero attached hydrogens (tertiary/aromatic N) is 3. The first-order valence-corrected chi connectivity index (χ1v) is 13.4. The summed E-state index contributed by atoms with van der Waals surface area (Å²) in [5.74, 6) is 0.542. The number of benzene rings is 6. The van der Waals surface area contributed by atoms with Gasteiger partial charge in [0.25, 0.3) is 0 Å². The third kappa shape index (κ3) is 3.61. The summed E-state index contributed by atoms with van der Waals surface area (Å²) in [6.45, 7) is 0. The van der Waals surface area contributed by atoms with Crippen LogP contribution in [0.1, 0.15) is 6.85 Å². The van der Waals surface area contributed by atoms with Gasteiger partial charge in [0.1, 0.15) is 22.3 Å². The molecule has 196 valence electrons. The van der Waals surface area contributed by atoms with Crippen LogP contribution in [0.15, 0.2) is 136 Å². The fourth-order valence-corrected chi connectivity index (χ4v) is 5.57. The fraction of sp³-hybridized carbons (Fsp3) is 0. The molecule has 0 amide bonds. The second-order valence-electron chi connectivity index (χ2n) is 10.1. The van der Waals surface area contributed by atoms with Gasteiger partial charge in [-0.15, -0.1) is 0 Å². The number of hydrogen-bond acceptors (Lipinski definition) is 5. The molecule has 0 bridgehead atoms. The molecule has 3 heterocycles. The highest BCUT2D eigenvalue weighted by Crippen LogP contribution is 2.36. The first kappa shape index (κ1) is 18.5. The van der Waals surface area contributed by atoms with Gasteiger partial charge in [0, 0.05) is 38.2 Å². The van der Waals surface area contributed by atoms with Crippen molar-refractivity contribution in [3.63, 3.8) is 0 Å². The molecular formula is C37H21N3O2. The van der Waals surface area contributed by atoms with E-state index in [0.29, 0.717) is 22.3 Å². The van der Waals surface area contributed by atoms with Crippen LogP contribution in [0, 0.1) is 0 Å². The van der Waals surface area contributed by atoms with E-state index < -0.39 is 30.2 Å². The van der Waals surface area contributed by atoms with E-state index in [1.165, 1.54) is 0 Å². The molecule has 0 N–H and O–H groups in total. The van der Waals surface area contributed by atoms with Crippen LogP contribution >= 0.6 is 0 Å². The first-order valence-electron chi connectivity index (χ1n) is 15.9. The number of para-hydroxylation sites is 1. The lowest BCUT2D eigenvalue weighted by Gasteiger charge is -2.08. The molecule has 0 aliphatic carbocycles. The molecule has 5 nitrogen and oxygen atoms in total. The van der Waals surface area contributed by atoms with Gasteiger partial charge in [-0.1, -0.05) is 72.7 Å². The van der Waals surface area contributed by atoms with E-state index >= 15 is 0 Å². The largest absolute Gasteiger partial charge is 0.456 e. The lowest BCUT2D eigenvalue weighted by Crippen LogP contribution is -2.00. The van der Waals surface area contributed by atoms with Crippen molar-refractivity contribution in [3.05, 3.63) is 127 Å². The highest BCUT2D eigenvalue weighted by molar-refractivity contribution is 6.11. The molecule has 42 heavy (non-hydrogen) atoms. The number of furan rings is 2. The van der Waals surface area contributed by atoms with Crippen LogP contribution in [0.25, 0.3) is 88.8 Å². The van der Waals surface area contributed by atoms with E-state index in [-0.39, 0.29) is 23.0 Å². The topological polar surface area (TPSA) is 65.0 Å². The quantitative estimate of drug-likeness (QED) is 0.221. The monoisotopic (exact) mass is 544 g/mol. The van der Waals surface area contributed by atoms with Crippen LogP contribution in [-0.2, 0) is 0 Å². The Labute approximate surface area is 246 Å². The Morgan fingerprint density at radius 3 is 1.67 bits per heavy atom. The number of hydrogen-bond donors (Lipinski definition) is 0. The van der Waals surface area contributed by atoms with Gasteiger partial charge in [0.05, 0.1) is 6.85 Å². The zero-order valence-corrected chi connectivity index (χ0v) is 21.9. The van der Waals surface area contributed by atoms with Crippen molar-refractivity contribution < 1.29 is 15.7 Å². The van der Waals surface area contributed by atoms with E-state index in [4.69, 9.17) is 30.6 Å². The van der Waals surface area contributed by atoms with E-state index in [1.54, 1.807) is 0 Å². The van der Waals surface area contributed by atoms with E-state index in [0.717, 1.165) is 43.5 Å². The van der Waals surface area contributed by atoms with E-state index in [1.807, 2.05) is 84.9 Å². The van der Waals surface area contributed by atoms with Gasteiger partial charge in [-0.2, -0.15) is 0 Å². The molecule has 0 aliphatic heterocycles. The summed E-state index contributed by atoms with van der Waals surface area (Å²) in [7, 11) is 0. The molecule has 0 radical (unpaired) electrons. The minimum absolute atomic E-state index is 0.0257. The van der Waals surface area contributed by atoms with Gasteiger partial charge < -0.3 is 8.83 Å². The van der Waals surface area contributed by atoms with E-state index in [9.17, 15) is 0 Å². The molecule has 6 aromatic carbocycles. The Morgan fingerprint density at radius 1 is 0.429 bits per heavy atom. The fourth-order valence-electron chi connectivity index (χ4n) is 5.57. The van der Waals surface area contributed by atoms with Crippen molar-refractivity contribution in [1.82, 2.24) is 15.0 Å². The second-order valence-corrected chi connectivity index (χ2v) is 10.1. The lowest BCUT2D eigenvalue weighted by atomic mass is 10.0. The molecule has 0 unspecified atom stereocenters. The number of rotatable bonds is 3. The average Bonchev–Trinajstić information content (AvgIpc) is 3.65. The van der Waals surface area contributed by atoms with Gasteiger partial charge in [-0.25, -0.2) is 15.0 Å². The van der Waals surface area contributed by atoms with Crippen LogP contribution < -0.4 is 0 Å². The zero-order valence-electron chi connectivity index (χ0n) is 26.9. The van der Waals surface area contributed by atoms with Gasteiger partial charge in [0.2, 0.25) is 0 Å². The number of aromatic nitrogens is 3. The SMILES string of the molecule is [2H]c1c([2H])c([2H])c(-c2nc(-c3ccc4oc5ccccc5c4c3)nc(-c3ccc4oc5cc6ccccc6cc5c4c3)n2)c([2H])c1[2H]. The van der Waals surface area contributed by atoms with Crippen LogP contribution in [0.2, 0.25) is 0 Å². The molecular weight excluding hydrogens is 518 g/mol. The molecule has 9 rings (SSSR count). The Bertz CT molecular complexity index is 2740. The zero-order chi connectivity index (χ0) is 32.0. The first-order chi connectivity index (χ1) is 22.8. The molecule has 0 saturated heterocycles. The van der Waals surface area contributed by atoms with Gasteiger partial charge >= 0.3 is 0 Å². The van der Waals surface area contributed by atoms with Crippen LogP contribution in [0.5, 0.6) is 0 Å². The van der Waals surface area contributed by atoms with E-state index in [2.05, 4.69) is 12.1 Å². The molecule has 0 atom stereocenters. The summed E-state index contributed by atoms with van der Waals surface area (Å²) in [4.78, 5) is 14.3. The van der Waals surface area contributed by atoms with Crippen molar-refractivity contribution in [1.29, 1.82) is 0 Å². The normalized spacial score (nSPS) is 13.5. The molecule has 0 spiro atoms.